The van der Waals surface area contributed by atoms with Gasteiger partial charge in [0.05, 0.1) is 0 Å². The van der Waals surface area contributed by atoms with Crippen LogP contribution >= 0.6 is 0 Å². The number of rotatable bonds is 10. The Morgan fingerprint density at radius 3 is 2.93 bits per heavy atom. The van der Waals surface area contributed by atoms with Crippen LogP contribution in [0.4, 0.5) is 0 Å². The molecule has 1 N–H and O–H groups in total. The van der Waals surface area contributed by atoms with Crippen molar-refractivity contribution in [2.24, 2.45) is 11.3 Å². The predicted octanol–water partition coefficient (Wildman–Crippen LogP) is 3.75. The smallest absolute Gasteiger partial charge is 0.0477 e. The molecule has 4 heteroatoms. The molecule has 1 aliphatic rings. The van der Waals surface area contributed by atoms with E-state index in [-0.39, 0.29) is 12.0 Å². The van der Waals surface area contributed by atoms with Crippen molar-refractivity contribution in [2.45, 2.75) is 40.2 Å². The molecule has 0 amide bonds. The number of aliphatic hydroxyl groups is 1. The third-order valence-corrected chi connectivity index (χ3v) is 5.76. The van der Waals surface area contributed by atoms with Crippen LogP contribution in [-0.4, -0.2) is 59.7 Å². The summed E-state index contributed by atoms with van der Waals surface area (Å²) in [4.78, 5) is 9.08. The molecule has 0 aliphatic carbocycles. The van der Waals surface area contributed by atoms with E-state index in [1.54, 1.807) is 0 Å². The molecule has 0 saturated carbocycles. The van der Waals surface area contributed by atoms with Crippen LogP contribution in [0.25, 0.3) is 0 Å². The Labute approximate surface area is 165 Å². The van der Waals surface area contributed by atoms with Crippen LogP contribution in [0.1, 0.15) is 39.2 Å². The van der Waals surface area contributed by atoms with Crippen molar-refractivity contribution in [3.05, 3.63) is 53.9 Å². The molecule has 0 bridgehead atoms. The van der Waals surface area contributed by atoms with Crippen molar-refractivity contribution in [1.29, 1.82) is 0 Å². The van der Waals surface area contributed by atoms with Crippen molar-refractivity contribution in [2.75, 3.05) is 39.8 Å². The fourth-order valence-electron chi connectivity index (χ4n) is 4.17. The zero-order valence-corrected chi connectivity index (χ0v) is 17.6. The van der Waals surface area contributed by atoms with Gasteiger partial charge < -0.3 is 10.0 Å². The third-order valence-electron chi connectivity index (χ3n) is 5.76. The van der Waals surface area contributed by atoms with Crippen LogP contribution in [0, 0.1) is 11.3 Å². The van der Waals surface area contributed by atoms with E-state index in [1.807, 2.05) is 18.5 Å². The lowest BCUT2D eigenvalue weighted by Gasteiger charge is -2.32. The van der Waals surface area contributed by atoms with Crippen LogP contribution in [-0.2, 0) is 6.54 Å². The van der Waals surface area contributed by atoms with Crippen LogP contribution < -0.4 is 0 Å². The summed E-state index contributed by atoms with van der Waals surface area (Å²) in [7, 11) is 2.17. The van der Waals surface area contributed by atoms with Gasteiger partial charge in [0.15, 0.2) is 0 Å². The van der Waals surface area contributed by atoms with E-state index >= 15 is 0 Å². The number of nitrogens with zero attached hydrogens (tertiary/aromatic N) is 3. The highest BCUT2D eigenvalue weighted by molar-refractivity contribution is 5.20. The minimum absolute atomic E-state index is 0.158. The topological polar surface area (TPSA) is 39.6 Å². The second-order valence-electron chi connectivity index (χ2n) is 8.24. The first-order chi connectivity index (χ1) is 13.0. The number of allylic oxidation sites excluding steroid dienone is 2. The number of hydrogen-bond donors (Lipinski definition) is 1. The molecular weight excluding hydrogens is 334 g/mol. The summed E-state index contributed by atoms with van der Waals surface area (Å²) in [6.07, 6.45) is 12.6. The van der Waals surface area contributed by atoms with Gasteiger partial charge in [0.1, 0.15) is 0 Å². The lowest BCUT2D eigenvalue weighted by molar-refractivity contribution is 0.125. The molecule has 1 aliphatic heterocycles. The zero-order valence-electron chi connectivity index (χ0n) is 17.6. The van der Waals surface area contributed by atoms with Gasteiger partial charge in [0, 0.05) is 51.1 Å². The highest BCUT2D eigenvalue weighted by Gasteiger charge is 2.42. The Morgan fingerprint density at radius 2 is 2.30 bits per heavy atom. The number of pyridine rings is 1. The molecule has 1 aromatic heterocycles. The van der Waals surface area contributed by atoms with Crippen LogP contribution in [0.3, 0.4) is 0 Å². The van der Waals surface area contributed by atoms with Gasteiger partial charge >= 0.3 is 0 Å². The molecule has 4 nitrogen and oxygen atoms in total. The van der Waals surface area contributed by atoms with Crippen molar-refractivity contribution >= 4 is 0 Å². The summed E-state index contributed by atoms with van der Waals surface area (Å²) in [5.74, 6) is 0.345. The van der Waals surface area contributed by atoms with Gasteiger partial charge in [-0.3, -0.25) is 9.88 Å². The largest absolute Gasteiger partial charge is 0.396 e. The van der Waals surface area contributed by atoms with Gasteiger partial charge in [-0.15, -0.1) is 0 Å². The molecule has 0 radical (unpaired) electrons. The number of hydrogen-bond acceptors (Lipinski definition) is 4. The lowest BCUT2D eigenvalue weighted by atomic mass is 9.77. The van der Waals surface area contributed by atoms with Gasteiger partial charge in [0.25, 0.3) is 0 Å². The number of aliphatic hydroxyl groups excluding tert-OH is 1. The molecule has 27 heavy (non-hydrogen) atoms. The Bertz CT molecular complexity index is 613. The SMILES string of the molecule is C/C=C\C(=C/CC)CN1CC(CO)C(C)(CCN(C)Cc2cccnc2)C1. The fraction of sp³-hybridized carbons (Fsp3) is 0.609. The molecule has 1 fully saturated rings. The average Bonchev–Trinajstić information content (AvgIpc) is 2.97. The van der Waals surface area contributed by atoms with Gasteiger partial charge in [-0.05, 0) is 56.0 Å². The van der Waals surface area contributed by atoms with Gasteiger partial charge in [0.2, 0.25) is 0 Å². The van der Waals surface area contributed by atoms with Crippen LogP contribution in [0.2, 0.25) is 0 Å². The van der Waals surface area contributed by atoms with Crippen molar-refractivity contribution in [3.8, 4) is 0 Å². The second kappa shape index (κ2) is 10.7. The molecule has 150 valence electrons. The van der Waals surface area contributed by atoms with Gasteiger partial charge in [-0.1, -0.05) is 38.1 Å². The normalized spacial score (nSPS) is 24.4. The van der Waals surface area contributed by atoms with Gasteiger partial charge in [-0.2, -0.15) is 0 Å². The predicted molar refractivity (Wildman–Crippen MR) is 113 cm³/mol. The second-order valence-corrected chi connectivity index (χ2v) is 8.24. The van der Waals surface area contributed by atoms with Crippen LogP contribution in [0.15, 0.2) is 48.3 Å². The van der Waals surface area contributed by atoms with Crippen molar-refractivity contribution in [3.63, 3.8) is 0 Å². The summed E-state index contributed by atoms with van der Waals surface area (Å²) < 4.78 is 0. The van der Waals surface area contributed by atoms with E-state index in [1.165, 1.54) is 11.1 Å². The van der Waals surface area contributed by atoms with E-state index in [4.69, 9.17) is 0 Å². The lowest BCUT2D eigenvalue weighted by Crippen LogP contribution is -2.33. The summed E-state index contributed by atoms with van der Waals surface area (Å²) >= 11 is 0. The summed E-state index contributed by atoms with van der Waals surface area (Å²) in [5, 5.41) is 9.98. The summed E-state index contributed by atoms with van der Waals surface area (Å²) in [6.45, 7) is 11.9. The fourth-order valence-corrected chi connectivity index (χ4v) is 4.17. The first-order valence-electron chi connectivity index (χ1n) is 10.2. The standard InChI is InChI=1S/C23H37N3O/c1-5-8-20(9-6-2)16-26-17-22(18-27)23(3,19-26)11-13-25(4)15-21-10-7-12-24-14-21/h5,7-10,12,14,22,27H,6,11,13,15-19H2,1-4H3/b8-5-,20-9+. The molecule has 2 unspecified atom stereocenters. The molecule has 1 aromatic rings. The van der Waals surface area contributed by atoms with Crippen molar-refractivity contribution < 1.29 is 5.11 Å². The van der Waals surface area contributed by atoms with E-state index < -0.39 is 0 Å². The van der Waals surface area contributed by atoms with Crippen LogP contribution in [0.5, 0.6) is 0 Å². The first-order valence-corrected chi connectivity index (χ1v) is 10.2. The Kier molecular flexibility index (Phi) is 8.68. The van der Waals surface area contributed by atoms with Crippen molar-refractivity contribution in [1.82, 2.24) is 14.8 Å². The first kappa shape index (κ1) is 21.8. The number of aromatic nitrogens is 1. The zero-order chi connectivity index (χ0) is 19.7. The Balaban J connectivity index is 1.93. The monoisotopic (exact) mass is 371 g/mol. The summed E-state index contributed by atoms with van der Waals surface area (Å²) in [6, 6.07) is 4.12. The van der Waals surface area contributed by atoms with Gasteiger partial charge in [-0.25, -0.2) is 0 Å². The van der Waals surface area contributed by atoms with E-state index in [2.05, 4.69) is 66.9 Å². The molecule has 2 atom stereocenters. The Hall–Kier alpha value is -1.49. The summed E-state index contributed by atoms with van der Waals surface area (Å²) in [5.41, 5.74) is 2.79. The molecular formula is C23H37N3O. The maximum atomic E-state index is 9.98. The molecule has 2 rings (SSSR count). The maximum Gasteiger partial charge on any atom is 0.0477 e. The molecule has 0 spiro atoms. The van der Waals surface area contributed by atoms with E-state index in [0.29, 0.717) is 5.92 Å². The van der Waals surface area contributed by atoms with E-state index in [0.717, 1.165) is 45.6 Å². The minimum Gasteiger partial charge on any atom is -0.396 e. The highest BCUT2D eigenvalue weighted by atomic mass is 16.3. The third kappa shape index (κ3) is 6.56. The molecule has 2 heterocycles. The van der Waals surface area contributed by atoms with E-state index in [9.17, 15) is 5.11 Å². The quantitative estimate of drug-likeness (QED) is 0.636. The molecule has 1 saturated heterocycles. The number of likely N-dealkylation sites (tertiary alicyclic amines) is 1. The molecule has 0 aromatic carbocycles. The Morgan fingerprint density at radius 1 is 1.48 bits per heavy atom. The maximum absolute atomic E-state index is 9.98. The minimum atomic E-state index is 0.158. The highest BCUT2D eigenvalue weighted by Crippen LogP contribution is 2.39. The average molecular weight is 372 g/mol.